The molecular formula is C16H21N5. The van der Waals surface area contributed by atoms with Crippen LogP contribution in [0, 0.1) is 0 Å². The molecule has 1 unspecified atom stereocenters. The Morgan fingerprint density at radius 1 is 1.14 bits per heavy atom. The Bertz CT molecular complexity index is 566. The third-order valence-corrected chi connectivity index (χ3v) is 3.91. The predicted octanol–water partition coefficient (Wildman–Crippen LogP) is 3.40. The molecule has 21 heavy (non-hydrogen) atoms. The van der Waals surface area contributed by atoms with Gasteiger partial charge < -0.3 is 10.6 Å². The number of hydrogen-bond donors (Lipinski definition) is 2. The van der Waals surface area contributed by atoms with E-state index in [0.717, 1.165) is 5.82 Å². The number of benzene rings is 1. The normalized spacial score (nSPS) is 16.6. The lowest BCUT2D eigenvalue weighted by Crippen LogP contribution is -2.18. The minimum atomic E-state index is 0.183. The zero-order chi connectivity index (χ0) is 14.5. The van der Waals surface area contributed by atoms with Gasteiger partial charge in [0.05, 0.1) is 6.20 Å². The quantitative estimate of drug-likeness (QED) is 0.880. The molecule has 0 saturated heterocycles. The van der Waals surface area contributed by atoms with Gasteiger partial charge in [-0.05, 0) is 25.3 Å². The number of anilines is 2. The second-order valence-corrected chi connectivity index (χ2v) is 5.57. The van der Waals surface area contributed by atoms with Crippen LogP contribution < -0.4 is 10.6 Å². The molecule has 0 spiro atoms. The maximum absolute atomic E-state index is 4.51. The third-order valence-electron chi connectivity index (χ3n) is 3.91. The minimum Gasteiger partial charge on any atom is -0.362 e. The van der Waals surface area contributed by atoms with E-state index in [1.54, 1.807) is 6.20 Å². The van der Waals surface area contributed by atoms with Gasteiger partial charge in [0.2, 0.25) is 5.95 Å². The van der Waals surface area contributed by atoms with Crippen LogP contribution >= 0.6 is 0 Å². The summed E-state index contributed by atoms with van der Waals surface area (Å²) in [5.41, 5.74) is 1.22. The lowest BCUT2D eigenvalue weighted by molar-refractivity contribution is 0.736. The zero-order valence-corrected chi connectivity index (χ0v) is 12.3. The van der Waals surface area contributed by atoms with Crippen LogP contribution in [0.25, 0.3) is 0 Å². The molecular weight excluding hydrogens is 262 g/mol. The summed E-state index contributed by atoms with van der Waals surface area (Å²) < 4.78 is 0. The molecule has 0 amide bonds. The van der Waals surface area contributed by atoms with Gasteiger partial charge in [0.25, 0.3) is 0 Å². The molecule has 1 aliphatic carbocycles. The summed E-state index contributed by atoms with van der Waals surface area (Å²) in [5, 5.41) is 14.8. The summed E-state index contributed by atoms with van der Waals surface area (Å²) in [6, 6.07) is 11.0. The molecule has 1 aliphatic rings. The lowest BCUT2D eigenvalue weighted by Gasteiger charge is -2.16. The Hall–Kier alpha value is -2.17. The van der Waals surface area contributed by atoms with Gasteiger partial charge in [-0.2, -0.15) is 10.1 Å². The van der Waals surface area contributed by atoms with Gasteiger partial charge >= 0.3 is 0 Å². The Morgan fingerprint density at radius 3 is 2.67 bits per heavy atom. The maximum Gasteiger partial charge on any atom is 0.244 e. The first kappa shape index (κ1) is 13.8. The van der Waals surface area contributed by atoms with E-state index >= 15 is 0 Å². The molecule has 110 valence electrons. The molecule has 0 aliphatic heterocycles. The van der Waals surface area contributed by atoms with Gasteiger partial charge in [-0.25, -0.2) is 0 Å². The highest BCUT2D eigenvalue weighted by molar-refractivity contribution is 5.40. The van der Waals surface area contributed by atoms with Crippen molar-refractivity contribution in [3.05, 3.63) is 42.1 Å². The molecule has 1 aromatic heterocycles. The summed E-state index contributed by atoms with van der Waals surface area (Å²) >= 11 is 0. The number of nitrogens with zero attached hydrogens (tertiary/aromatic N) is 3. The van der Waals surface area contributed by atoms with Crippen molar-refractivity contribution in [2.24, 2.45) is 0 Å². The van der Waals surface area contributed by atoms with Crippen molar-refractivity contribution in [3.63, 3.8) is 0 Å². The summed E-state index contributed by atoms with van der Waals surface area (Å²) in [7, 11) is 0. The van der Waals surface area contributed by atoms with Crippen molar-refractivity contribution >= 4 is 11.8 Å². The third kappa shape index (κ3) is 3.68. The molecule has 0 radical (unpaired) electrons. The molecule has 5 nitrogen and oxygen atoms in total. The molecule has 2 aromatic rings. The minimum absolute atomic E-state index is 0.183. The van der Waals surface area contributed by atoms with Crippen molar-refractivity contribution in [1.82, 2.24) is 15.2 Å². The molecule has 1 fully saturated rings. The van der Waals surface area contributed by atoms with E-state index in [9.17, 15) is 0 Å². The average molecular weight is 283 g/mol. The summed E-state index contributed by atoms with van der Waals surface area (Å²) in [6.07, 6.45) is 6.63. The average Bonchev–Trinajstić information content (AvgIpc) is 3.01. The van der Waals surface area contributed by atoms with Gasteiger partial charge in [0.1, 0.15) is 0 Å². The van der Waals surface area contributed by atoms with Crippen LogP contribution in [0.4, 0.5) is 11.8 Å². The first-order valence-corrected chi connectivity index (χ1v) is 7.59. The van der Waals surface area contributed by atoms with Crippen LogP contribution in [0.1, 0.15) is 44.2 Å². The fraction of sp³-hybridized carbons (Fsp3) is 0.438. The predicted molar refractivity (Wildman–Crippen MR) is 84.2 cm³/mol. The lowest BCUT2D eigenvalue weighted by atomic mass is 10.1. The van der Waals surface area contributed by atoms with E-state index in [2.05, 4.69) is 44.9 Å². The highest BCUT2D eigenvalue weighted by Crippen LogP contribution is 2.21. The van der Waals surface area contributed by atoms with Crippen molar-refractivity contribution in [1.29, 1.82) is 0 Å². The molecule has 2 N–H and O–H groups in total. The van der Waals surface area contributed by atoms with E-state index in [1.807, 2.05) is 18.2 Å². The standard InChI is InChI=1S/C16H21N5/c1-12(13-7-3-2-4-8-13)18-15-11-17-21-16(20-15)19-14-9-5-6-10-14/h2-4,7-8,11-12,14H,5-6,9-10H2,1H3,(H2,18,19,20,21). The van der Waals surface area contributed by atoms with E-state index in [4.69, 9.17) is 0 Å². The number of hydrogen-bond acceptors (Lipinski definition) is 5. The Balaban J connectivity index is 1.65. The number of rotatable bonds is 5. The summed E-state index contributed by atoms with van der Waals surface area (Å²) in [5.74, 6) is 1.37. The highest BCUT2D eigenvalue weighted by Gasteiger charge is 2.16. The Morgan fingerprint density at radius 2 is 1.90 bits per heavy atom. The first-order valence-electron chi connectivity index (χ1n) is 7.59. The maximum atomic E-state index is 4.51. The molecule has 1 atom stereocenters. The van der Waals surface area contributed by atoms with Crippen molar-refractivity contribution < 1.29 is 0 Å². The van der Waals surface area contributed by atoms with Crippen molar-refractivity contribution in [3.8, 4) is 0 Å². The second kappa shape index (κ2) is 6.52. The van der Waals surface area contributed by atoms with Crippen LogP contribution in [0.3, 0.4) is 0 Å². The summed E-state index contributed by atoms with van der Waals surface area (Å²) in [4.78, 5) is 4.51. The monoisotopic (exact) mass is 283 g/mol. The molecule has 0 bridgehead atoms. The van der Waals surface area contributed by atoms with Crippen LogP contribution in [-0.4, -0.2) is 21.2 Å². The summed E-state index contributed by atoms with van der Waals surface area (Å²) in [6.45, 7) is 2.11. The van der Waals surface area contributed by atoms with E-state index in [0.29, 0.717) is 12.0 Å². The van der Waals surface area contributed by atoms with Crippen molar-refractivity contribution in [2.45, 2.75) is 44.7 Å². The Kier molecular flexibility index (Phi) is 4.28. The SMILES string of the molecule is CC(Nc1cnnc(NC2CCCC2)n1)c1ccccc1. The van der Waals surface area contributed by atoms with E-state index < -0.39 is 0 Å². The van der Waals surface area contributed by atoms with Gasteiger partial charge in [0.15, 0.2) is 5.82 Å². The molecule has 5 heteroatoms. The highest BCUT2D eigenvalue weighted by atomic mass is 15.3. The van der Waals surface area contributed by atoms with Crippen LogP contribution in [-0.2, 0) is 0 Å². The molecule has 1 heterocycles. The van der Waals surface area contributed by atoms with E-state index in [-0.39, 0.29) is 6.04 Å². The first-order chi connectivity index (χ1) is 10.3. The van der Waals surface area contributed by atoms with Gasteiger partial charge in [-0.1, -0.05) is 43.2 Å². The smallest absolute Gasteiger partial charge is 0.244 e. The fourth-order valence-corrected chi connectivity index (χ4v) is 2.73. The molecule has 3 rings (SSSR count). The van der Waals surface area contributed by atoms with Crippen LogP contribution in [0.15, 0.2) is 36.5 Å². The van der Waals surface area contributed by atoms with Crippen LogP contribution in [0.5, 0.6) is 0 Å². The van der Waals surface area contributed by atoms with Gasteiger partial charge in [-0.15, -0.1) is 5.10 Å². The topological polar surface area (TPSA) is 62.7 Å². The number of aromatic nitrogens is 3. The Labute approximate surface area is 125 Å². The number of nitrogens with one attached hydrogen (secondary N) is 2. The largest absolute Gasteiger partial charge is 0.362 e. The zero-order valence-electron chi connectivity index (χ0n) is 12.3. The molecule has 1 saturated carbocycles. The van der Waals surface area contributed by atoms with Gasteiger partial charge in [-0.3, -0.25) is 0 Å². The molecule has 1 aromatic carbocycles. The second-order valence-electron chi connectivity index (χ2n) is 5.57. The van der Waals surface area contributed by atoms with E-state index in [1.165, 1.54) is 31.2 Å². The van der Waals surface area contributed by atoms with Crippen LogP contribution in [0.2, 0.25) is 0 Å². The van der Waals surface area contributed by atoms with Gasteiger partial charge in [0, 0.05) is 12.1 Å². The fourth-order valence-electron chi connectivity index (χ4n) is 2.73. The van der Waals surface area contributed by atoms with Crippen molar-refractivity contribution in [2.75, 3.05) is 10.6 Å².